The SMILES string of the molecule is COc1cc(C(=O)Nc2nnc(CCNS(=O)(=O)c3ccc(C)cc3)s2)c([N+](=O)[O-])cc1OC. The van der Waals surface area contributed by atoms with Crippen LogP contribution in [-0.2, 0) is 16.4 Å². The molecule has 1 amide bonds. The van der Waals surface area contributed by atoms with Crippen LogP contribution in [-0.4, -0.2) is 50.2 Å². The first-order valence-corrected chi connectivity index (χ1v) is 12.0. The summed E-state index contributed by atoms with van der Waals surface area (Å²) in [6, 6.07) is 8.74. The molecule has 0 saturated carbocycles. The van der Waals surface area contributed by atoms with Gasteiger partial charge in [-0.15, -0.1) is 10.2 Å². The second-order valence-corrected chi connectivity index (χ2v) is 9.73. The molecule has 0 radical (unpaired) electrons. The van der Waals surface area contributed by atoms with Gasteiger partial charge in [-0.3, -0.25) is 20.2 Å². The summed E-state index contributed by atoms with van der Waals surface area (Å²) >= 11 is 1.02. The minimum Gasteiger partial charge on any atom is -0.493 e. The number of aromatic nitrogens is 2. The van der Waals surface area contributed by atoms with E-state index in [1.165, 1.54) is 32.4 Å². The minimum atomic E-state index is -3.67. The number of rotatable bonds is 10. The van der Waals surface area contributed by atoms with Crippen molar-refractivity contribution >= 4 is 38.1 Å². The Hall–Kier alpha value is -3.62. The van der Waals surface area contributed by atoms with E-state index in [1.807, 2.05) is 6.92 Å². The first kappa shape index (κ1) is 25.0. The molecule has 0 spiro atoms. The number of anilines is 1. The zero-order valence-corrected chi connectivity index (χ0v) is 20.0. The van der Waals surface area contributed by atoms with E-state index < -0.39 is 26.5 Å². The predicted molar refractivity (Wildman–Crippen MR) is 124 cm³/mol. The van der Waals surface area contributed by atoms with Crippen LogP contribution >= 0.6 is 11.3 Å². The van der Waals surface area contributed by atoms with Gasteiger partial charge < -0.3 is 9.47 Å². The van der Waals surface area contributed by atoms with Crippen LogP contribution < -0.4 is 19.5 Å². The fourth-order valence-corrected chi connectivity index (χ4v) is 4.63. The molecule has 2 aromatic carbocycles. The highest BCUT2D eigenvalue weighted by Gasteiger charge is 2.25. The molecular formula is C20H21N5O7S2. The molecule has 0 unspecified atom stereocenters. The summed E-state index contributed by atoms with van der Waals surface area (Å²) in [5.41, 5.74) is 0.233. The van der Waals surface area contributed by atoms with Gasteiger partial charge in [0.05, 0.1) is 30.1 Å². The molecule has 3 rings (SSSR count). The molecule has 0 fully saturated rings. The molecule has 0 atom stereocenters. The summed E-state index contributed by atoms with van der Waals surface area (Å²) in [7, 11) is -1.00. The predicted octanol–water partition coefficient (Wildman–Crippen LogP) is 2.55. The molecule has 12 nitrogen and oxygen atoms in total. The Morgan fingerprint density at radius 1 is 1.12 bits per heavy atom. The van der Waals surface area contributed by atoms with Crippen molar-refractivity contribution in [2.75, 3.05) is 26.1 Å². The number of nitrogens with zero attached hydrogens (tertiary/aromatic N) is 3. The van der Waals surface area contributed by atoms with Crippen LogP contribution in [0.5, 0.6) is 11.5 Å². The second kappa shape index (κ2) is 10.5. The quantitative estimate of drug-likeness (QED) is 0.310. The van der Waals surface area contributed by atoms with Crippen molar-refractivity contribution in [1.82, 2.24) is 14.9 Å². The Morgan fingerprint density at radius 3 is 2.38 bits per heavy atom. The topological polar surface area (TPSA) is 163 Å². The third kappa shape index (κ3) is 5.84. The van der Waals surface area contributed by atoms with Crippen LogP contribution in [0.25, 0.3) is 0 Å². The molecule has 3 aromatic rings. The first-order chi connectivity index (χ1) is 16.1. The van der Waals surface area contributed by atoms with Crippen LogP contribution in [0.1, 0.15) is 20.9 Å². The third-order valence-corrected chi connectivity index (χ3v) is 6.97. The second-order valence-electron chi connectivity index (χ2n) is 6.90. The van der Waals surface area contributed by atoms with Crippen molar-refractivity contribution in [2.45, 2.75) is 18.2 Å². The molecule has 180 valence electrons. The molecular weight excluding hydrogens is 486 g/mol. The highest BCUT2D eigenvalue weighted by molar-refractivity contribution is 7.89. The highest BCUT2D eigenvalue weighted by atomic mass is 32.2. The Bertz CT molecular complexity index is 1310. The van der Waals surface area contributed by atoms with Crippen LogP contribution in [0, 0.1) is 17.0 Å². The van der Waals surface area contributed by atoms with E-state index in [0.29, 0.717) is 5.01 Å². The van der Waals surface area contributed by atoms with Crippen molar-refractivity contribution in [3.8, 4) is 11.5 Å². The zero-order valence-electron chi connectivity index (χ0n) is 18.4. The smallest absolute Gasteiger partial charge is 0.286 e. The summed E-state index contributed by atoms with van der Waals surface area (Å²) in [5, 5.41) is 22.2. The monoisotopic (exact) mass is 507 g/mol. The van der Waals surface area contributed by atoms with Gasteiger partial charge in [-0.2, -0.15) is 0 Å². The van der Waals surface area contributed by atoms with E-state index in [0.717, 1.165) is 23.0 Å². The summed E-state index contributed by atoms with van der Waals surface area (Å²) < 4.78 is 37.4. The number of nitrogens with one attached hydrogen (secondary N) is 2. The van der Waals surface area contributed by atoms with Crippen LogP contribution in [0.4, 0.5) is 10.8 Å². The number of methoxy groups -OCH3 is 2. The van der Waals surface area contributed by atoms with Crippen molar-refractivity contribution in [3.63, 3.8) is 0 Å². The number of carbonyl (C=O) groups is 1. The lowest BCUT2D eigenvalue weighted by Gasteiger charge is -2.10. The number of carbonyl (C=O) groups excluding carboxylic acids is 1. The molecule has 0 bridgehead atoms. The zero-order chi connectivity index (χ0) is 24.9. The number of sulfonamides is 1. The number of aryl methyl sites for hydroxylation is 1. The van der Waals surface area contributed by atoms with Crippen molar-refractivity contribution in [1.29, 1.82) is 0 Å². The van der Waals surface area contributed by atoms with Gasteiger partial charge in [0.1, 0.15) is 10.6 Å². The molecule has 1 aromatic heterocycles. The molecule has 2 N–H and O–H groups in total. The Morgan fingerprint density at radius 2 is 1.76 bits per heavy atom. The van der Waals surface area contributed by atoms with Gasteiger partial charge in [0.2, 0.25) is 15.2 Å². The van der Waals surface area contributed by atoms with E-state index in [9.17, 15) is 23.3 Å². The van der Waals surface area contributed by atoms with Gasteiger partial charge in [0.25, 0.3) is 11.6 Å². The number of amides is 1. The number of hydrogen-bond acceptors (Lipinski definition) is 10. The summed E-state index contributed by atoms with van der Waals surface area (Å²) in [6.07, 6.45) is 0.231. The lowest BCUT2D eigenvalue weighted by Crippen LogP contribution is -2.25. The Labute approximate surface area is 199 Å². The molecule has 0 aliphatic carbocycles. The molecule has 0 saturated heterocycles. The van der Waals surface area contributed by atoms with Crippen LogP contribution in [0.3, 0.4) is 0 Å². The molecule has 14 heteroatoms. The average molecular weight is 508 g/mol. The Balaban J connectivity index is 1.66. The van der Waals surface area contributed by atoms with Crippen LogP contribution in [0.2, 0.25) is 0 Å². The van der Waals surface area contributed by atoms with Gasteiger partial charge in [0, 0.05) is 19.0 Å². The van der Waals surface area contributed by atoms with Crippen molar-refractivity contribution in [3.05, 3.63) is 62.6 Å². The maximum absolute atomic E-state index is 12.7. The molecule has 0 aliphatic heterocycles. The van der Waals surface area contributed by atoms with Crippen molar-refractivity contribution in [2.24, 2.45) is 0 Å². The first-order valence-electron chi connectivity index (χ1n) is 9.75. The third-order valence-electron chi connectivity index (χ3n) is 4.59. The number of nitro benzene ring substituents is 1. The van der Waals surface area contributed by atoms with Gasteiger partial charge >= 0.3 is 0 Å². The van der Waals surface area contributed by atoms with Crippen molar-refractivity contribution < 1.29 is 27.6 Å². The lowest BCUT2D eigenvalue weighted by atomic mass is 10.1. The van der Waals surface area contributed by atoms with E-state index in [1.54, 1.807) is 12.1 Å². The Kier molecular flexibility index (Phi) is 7.75. The number of nitro groups is 1. The van der Waals surface area contributed by atoms with Gasteiger partial charge in [-0.25, -0.2) is 13.1 Å². The fraction of sp³-hybridized carbons (Fsp3) is 0.250. The molecule has 0 aliphatic rings. The largest absolute Gasteiger partial charge is 0.493 e. The maximum atomic E-state index is 12.7. The number of hydrogen-bond donors (Lipinski definition) is 2. The number of ether oxygens (including phenoxy) is 2. The fourth-order valence-electron chi connectivity index (χ4n) is 2.86. The highest BCUT2D eigenvalue weighted by Crippen LogP contribution is 2.35. The van der Waals surface area contributed by atoms with E-state index in [-0.39, 0.29) is 40.1 Å². The summed E-state index contributed by atoms with van der Waals surface area (Å²) in [4.78, 5) is 23.5. The average Bonchev–Trinajstić information content (AvgIpc) is 3.25. The molecule has 1 heterocycles. The van der Waals surface area contributed by atoms with Gasteiger partial charge in [-0.05, 0) is 19.1 Å². The summed E-state index contributed by atoms with van der Waals surface area (Å²) in [5.74, 6) is -0.524. The lowest BCUT2D eigenvalue weighted by molar-refractivity contribution is -0.385. The van der Waals surface area contributed by atoms with Gasteiger partial charge in [0.15, 0.2) is 11.5 Å². The van der Waals surface area contributed by atoms with Crippen LogP contribution in [0.15, 0.2) is 41.3 Å². The number of benzene rings is 2. The minimum absolute atomic E-state index is 0.0694. The van der Waals surface area contributed by atoms with E-state index >= 15 is 0 Å². The van der Waals surface area contributed by atoms with Gasteiger partial charge in [-0.1, -0.05) is 29.0 Å². The molecule has 34 heavy (non-hydrogen) atoms. The van der Waals surface area contributed by atoms with E-state index in [2.05, 4.69) is 20.2 Å². The summed E-state index contributed by atoms with van der Waals surface area (Å²) in [6.45, 7) is 1.93. The standard InChI is InChI=1S/C20H21N5O7S2/c1-12-4-6-13(7-5-12)34(29,30)21-9-8-18-23-24-20(33-18)22-19(26)14-10-16(31-2)17(32-3)11-15(14)25(27)28/h4-7,10-11,21H,8-9H2,1-3H3,(H,22,24,26). The normalized spacial score (nSPS) is 11.1. The maximum Gasteiger partial charge on any atom is 0.286 e. The van der Waals surface area contributed by atoms with E-state index in [4.69, 9.17) is 9.47 Å².